The van der Waals surface area contributed by atoms with Crippen LogP contribution in [-0.4, -0.2) is 28.5 Å². The molecule has 5 nitrogen and oxygen atoms in total. The molecule has 0 spiro atoms. The molecule has 1 rings (SSSR count). The second-order valence-corrected chi connectivity index (χ2v) is 3.32. The van der Waals surface area contributed by atoms with Gasteiger partial charge in [0.1, 0.15) is 5.69 Å². The number of hydrogen-bond donors (Lipinski definition) is 3. The van der Waals surface area contributed by atoms with E-state index in [4.69, 9.17) is 5.11 Å². The summed E-state index contributed by atoms with van der Waals surface area (Å²) in [5.41, 5.74) is 0.248. The summed E-state index contributed by atoms with van der Waals surface area (Å²) in [4.78, 5) is 26.0. The Balaban J connectivity index is 0. The van der Waals surface area contributed by atoms with Crippen LogP contribution in [0.2, 0.25) is 0 Å². The second-order valence-electron chi connectivity index (χ2n) is 2.80. The zero-order valence-corrected chi connectivity index (χ0v) is 12.7. The molecule has 1 aromatic rings. The lowest BCUT2D eigenvalue weighted by molar-refractivity contribution is -0.136. The molecule has 0 bridgehead atoms. The number of carboxylic acid groups (broad SMARTS) is 1. The van der Waals surface area contributed by atoms with Crippen molar-refractivity contribution in [2.24, 2.45) is 0 Å². The summed E-state index contributed by atoms with van der Waals surface area (Å²) in [5.74, 6) is -1.33. The Morgan fingerprint density at radius 2 is 1.84 bits per heavy atom. The van der Waals surface area contributed by atoms with E-state index >= 15 is 0 Å². The molecular formula is C13H22N2O3S. The molecule has 6 heteroatoms. The molecule has 2 N–H and O–H groups in total. The molecule has 0 saturated carbocycles. The number of hydrogen-bond acceptors (Lipinski definition) is 4. The summed E-state index contributed by atoms with van der Waals surface area (Å²) >= 11 is 4.03. The molecule has 0 unspecified atom stereocenters. The lowest BCUT2D eigenvalue weighted by Crippen LogP contribution is -2.26. The minimum absolute atomic E-state index is 0.0957. The van der Waals surface area contributed by atoms with E-state index in [2.05, 4.69) is 22.9 Å². The van der Waals surface area contributed by atoms with Gasteiger partial charge in [0.05, 0.1) is 6.42 Å². The summed E-state index contributed by atoms with van der Waals surface area (Å²) in [7, 11) is 0. The zero-order valence-electron chi connectivity index (χ0n) is 11.8. The van der Waals surface area contributed by atoms with Gasteiger partial charge < -0.3 is 10.4 Å². The van der Waals surface area contributed by atoms with E-state index in [0.29, 0.717) is 4.90 Å². The van der Waals surface area contributed by atoms with Gasteiger partial charge in [0.25, 0.3) is 5.91 Å². The van der Waals surface area contributed by atoms with Crippen LogP contribution in [-0.2, 0) is 4.79 Å². The van der Waals surface area contributed by atoms with Crippen molar-refractivity contribution in [2.75, 3.05) is 6.54 Å². The fraction of sp³-hybridized carbons (Fsp3) is 0.462. The Hall–Kier alpha value is -1.56. The molecule has 1 aromatic heterocycles. The van der Waals surface area contributed by atoms with Crippen LogP contribution in [0.25, 0.3) is 0 Å². The highest BCUT2D eigenvalue weighted by molar-refractivity contribution is 7.80. The largest absolute Gasteiger partial charge is 0.481 e. The van der Waals surface area contributed by atoms with Crippen LogP contribution in [0.1, 0.15) is 44.6 Å². The molecule has 0 fully saturated rings. The number of pyridine rings is 1. The van der Waals surface area contributed by atoms with Crippen molar-refractivity contribution in [1.82, 2.24) is 10.3 Å². The average molecular weight is 286 g/mol. The zero-order chi connectivity index (χ0) is 15.3. The van der Waals surface area contributed by atoms with Gasteiger partial charge in [0.15, 0.2) is 0 Å². The summed E-state index contributed by atoms with van der Waals surface area (Å²) in [5, 5.41) is 10.8. The molecule has 1 amide bonds. The van der Waals surface area contributed by atoms with E-state index in [1.165, 1.54) is 12.3 Å². The molecule has 0 atom stereocenters. The predicted molar refractivity (Wildman–Crippen MR) is 78.8 cm³/mol. The Labute approximate surface area is 119 Å². The summed E-state index contributed by atoms with van der Waals surface area (Å²) < 4.78 is 0. The summed E-state index contributed by atoms with van der Waals surface area (Å²) in [6, 6.07) is 3.17. The number of rotatable bonds is 4. The fourth-order valence-corrected chi connectivity index (χ4v) is 1.03. The maximum Gasteiger partial charge on any atom is 0.305 e. The van der Waals surface area contributed by atoms with E-state index in [1.807, 2.05) is 27.7 Å². The third-order valence-corrected chi connectivity index (χ3v) is 1.87. The van der Waals surface area contributed by atoms with Gasteiger partial charge in [-0.15, -0.1) is 12.6 Å². The standard InChI is InChI=1S/C9H10N2O3S.2C2H6/c12-8(13)3-4-10-9(14)7-2-1-6(15)5-11-7;2*1-2/h1-2,5,15H,3-4H2,(H,10,14)(H,12,13);2*1-2H3. The lowest BCUT2D eigenvalue weighted by Gasteiger charge is -2.02. The summed E-state index contributed by atoms with van der Waals surface area (Å²) in [6.07, 6.45) is 1.35. The Morgan fingerprint density at radius 1 is 1.26 bits per heavy atom. The number of carbonyl (C=O) groups excluding carboxylic acids is 1. The van der Waals surface area contributed by atoms with Crippen LogP contribution in [0.4, 0.5) is 0 Å². The molecule has 0 aliphatic carbocycles. The number of aromatic nitrogens is 1. The smallest absolute Gasteiger partial charge is 0.305 e. The van der Waals surface area contributed by atoms with Crippen molar-refractivity contribution in [3.63, 3.8) is 0 Å². The first kappa shape index (κ1) is 19.8. The van der Waals surface area contributed by atoms with Crippen LogP contribution in [0.3, 0.4) is 0 Å². The fourth-order valence-electron chi connectivity index (χ4n) is 0.894. The minimum Gasteiger partial charge on any atom is -0.481 e. The molecule has 0 aliphatic rings. The number of nitrogens with one attached hydrogen (secondary N) is 1. The minimum atomic E-state index is -0.950. The van der Waals surface area contributed by atoms with Gasteiger partial charge in [-0.3, -0.25) is 9.59 Å². The molecule has 0 radical (unpaired) electrons. The van der Waals surface area contributed by atoms with Gasteiger partial charge in [0.2, 0.25) is 0 Å². The van der Waals surface area contributed by atoms with Gasteiger partial charge in [-0.1, -0.05) is 27.7 Å². The normalized spacial score (nSPS) is 8.26. The first-order valence-corrected chi connectivity index (χ1v) is 6.69. The predicted octanol–water partition coefficient (Wildman–Crippen LogP) is 2.63. The second kappa shape index (κ2) is 12.9. The third-order valence-electron chi connectivity index (χ3n) is 1.60. The average Bonchev–Trinajstić information content (AvgIpc) is 2.43. The number of nitrogens with zero attached hydrogens (tertiary/aromatic N) is 1. The Bertz CT molecular complexity index is 367. The first-order chi connectivity index (χ1) is 9.09. The van der Waals surface area contributed by atoms with Gasteiger partial charge in [0, 0.05) is 17.6 Å². The van der Waals surface area contributed by atoms with Crippen molar-refractivity contribution >= 4 is 24.5 Å². The maximum absolute atomic E-state index is 11.3. The highest BCUT2D eigenvalue weighted by Crippen LogP contribution is 2.03. The highest BCUT2D eigenvalue weighted by Gasteiger charge is 2.06. The maximum atomic E-state index is 11.3. The molecular weight excluding hydrogens is 264 g/mol. The lowest BCUT2D eigenvalue weighted by atomic mass is 10.3. The van der Waals surface area contributed by atoms with E-state index in [-0.39, 0.29) is 24.6 Å². The van der Waals surface area contributed by atoms with Crippen LogP contribution in [0.5, 0.6) is 0 Å². The van der Waals surface area contributed by atoms with E-state index < -0.39 is 5.97 Å². The number of thiol groups is 1. The topological polar surface area (TPSA) is 79.3 Å². The number of carbonyl (C=O) groups is 2. The number of aliphatic carboxylic acids is 1. The van der Waals surface area contributed by atoms with Gasteiger partial charge in [-0.05, 0) is 12.1 Å². The molecule has 0 aromatic carbocycles. The highest BCUT2D eigenvalue weighted by atomic mass is 32.1. The number of amides is 1. The SMILES string of the molecule is CC.CC.O=C(O)CCNC(=O)c1ccc(S)cn1. The molecule has 0 aliphatic heterocycles. The van der Waals surface area contributed by atoms with Crippen LogP contribution in [0.15, 0.2) is 23.2 Å². The Kier molecular flexibility index (Phi) is 13.4. The van der Waals surface area contributed by atoms with Gasteiger partial charge in [-0.2, -0.15) is 0 Å². The Morgan fingerprint density at radius 3 is 2.26 bits per heavy atom. The van der Waals surface area contributed by atoms with E-state index in [0.717, 1.165) is 0 Å². The van der Waals surface area contributed by atoms with Crippen molar-refractivity contribution in [3.8, 4) is 0 Å². The molecule has 0 saturated heterocycles. The third kappa shape index (κ3) is 10.1. The monoisotopic (exact) mass is 286 g/mol. The molecule has 108 valence electrons. The van der Waals surface area contributed by atoms with Crippen molar-refractivity contribution in [1.29, 1.82) is 0 Å². The van der Waals surface area contributed by atoms with Crippen LogP contribution in [0, 0.1) is 0 Å². The first-order valence-electron chi connectivity index (χ1n) is 6.24. The van der Waals surface area contributed by atoms with Crippen molar-refractivity contribution in [3.05, 3.63) is 24.0 Å². The van der Waals surface area contributed by atoms with Crippen molar-refractivity contribution in [2.45, 2.75) is 39.0 Å². The van der Waals surface area contributed by atoms with Gasteiger partial charge in [-0.25, -0.2) is 4.98 Å². The van der Waals surface area contributed by atoms with Crippen LogP contribution >= 0.6 is 12.6 Å². The molecule has 1 heterocycles. The number of carboxylic acids is 1. The van der Waals surface area contributed by atoms with E-state index in [1.54, 1.807) is 6.07 Å². The summed E-state index contributed by atoms with van der Waals surface area (Å²) in [6.45, 7) is 8.10. The van der Waals surface area contributed by atoms with Crippen molar-refractivity contribution < 1.29 is 14.7 Å². The quantitative estimate of drug-likeness (QED) is 0.743. The molecule has 19 heavy (non-hydrogen) atoms. The van der Waals surface area contributed by atoms with E-state index in [9.17, 15) is 9.59 Å². The van der Waals surface area contributed by atoms with Gasteiger partial charge >= 0.3 is 5.97 Å². The van der Waals surface area contributed by atoms with Crippen LogP contribution < -0.4 is 5.32 Å².